The van der Waals surface area contributed by atoms with Crippen LogP contribution in [0, 0.1) is 0 Å². The van der Waals surface area contributed by atoms with E-state index >= 15 is 0 Å². The molecule has 0 fully saturated rings. The molecule has 3 nitrogen and oxygen atoms in total. The molecule has 0 bridgehead atoms. The molecule has 0 unspecified atom stereocenters. The molecule has 0 radical (unpaired) electrons. The number of aromatic hydroxyl groups is 1. The maximum atomic E-state index is 13.0. The van der Waals surface area contributed by atoms with E-state index in [-0.39, 0.29) is 11.7 Å². The number of rotatable bonds is 2. The fourth-order valence-corrected chi connectivity index (χ4v) is 3.28. The Morgan fingerprint density at radius 3 is 1.91 bits per heavy atom. The van der Waals surface area contributed by atoms with Crippen LogP contribution < -0.4 is 4.74 Å². The molecular formula is C20H14O3. The van der Waals surface area contributed by atoms with Crippen LogP contribution >= 0.6 is 0 Å². The van der Waals surface area contributed by atoms with Crippen molar-refractivity contribution in [2.45, 2.75) is 5.41 Å². The first-order valence-electron chi connectivity index (χ1n) is 7.40. The highest BCUT2D eigenvalue weighted by Gasteiger charge is 2.51. The number of hydrogen-bond acceptors (Lipinski definition) is 3. The second kappa shape index (κ2) is 4.99. The number of phenolic OH excluding ortho intramolecular Hbond substituents is 1. The quantitative estimate of drug-likeness (QED) is 0.580. The summed E-state index contributed by atoms with van der Waals surface area (Å²) in [6, 6.07) is 24.0. The van der Waals surface area contributed by atoms with Crippen LogP contribution in [0.4, 0.5) is 0 Å². The number of ether oxygens (including phenoxy) is 1. The average molecular weight is 302 g/mol. The summed E-state index contributed by atoms with van der Waals surface area (Å²) in [6.45, 7) is 0. The monoisotopic (exact) mass is 302 g/mol. The lowest BCUT2D eigenvalue weighted by molar-refractivity contribution is -0.135. The lowest BCUT2D eigenvalue weighted by Crippen LogP contribution is -2.36. The van der Waals surface area contributed by atoms with Crippen molar-refractivity contribution in [2.75, 3.05) is 0 Å². The minimum Gasteiger partial charge on any atom is -0.508 e. The third-order valence-electron chi connectivity index (χ3n) is 4.29. The fraction of sp³-hybridized carbons (Fsp3) is 0.0500. The zero-order chi connectivity index (χ0) is 15.9. The molecule has 0 spiro atoms. The molecule has 1 N–H and O–H groups in total. The number of benzene rings is 3. The van der Waals surface area contributed by atoms with Gasteiger partial charge in [-0.15, -0.1) is 0 Å². The van der Waals surface area contributed by atoms with Crippen molar-refractivity contribution in [3.8, 4) is 11.5 Å². The summed E-state index contributed by atoms with van der Waals surface area (Å²) in [5.41, 5.74) is 1.44. The first-order valence-corrected chi connectivity index (χ1v) is 7.40. The average Bonchev–Trinajstić information content (AvgIpc) is 2.88. The third-order valence-corrected chi connectivity index (χ3v) is 4.29. The summed E-state index contributed by atoms with van der Waals surface area (Å²) in [7, 11) is 0. The van der Waals surface area contributed by atoms with Gasteiger partial charge in [0.15, 0.2) is 0 Å². The smallest absolute Gasteiger partial charge is 0.331 e. The largest absolute Gasteiger partial charge is 0.508 e. The Balaban J connectivity index is 2.08. The van der Waals surface area contributed by atoms with E-state index in [1.807, 2.05) is 60.7 Å². The zero-order valence-electron chi connectivity index (χ0n) is 12.3. The molecule has 4 rings (SSSR count). The summed E-state index contributed by atoms with van der Waals surface area (Å²) >= 11 is 0. The summed E-state index contributed by atoms with van der Waals surface area (Å²) in [6.07, 6.45) is 0. The van der Waals surface area contributed by atoms with E-state index in [1.54, 1.807) is 12.1 Å². The lowest BCUT2D eigenvalue weighted by atomic mass is 9.70. The van der Waals surface area contributed by atoms with Crippen LogP contribution in [-0.4, -0.2) is 11.1 Å². The van der Waals surface area contributed by atoms with Crippen molar-refractivity contribution >= 4 is 5.97 Å². The Hall–Kier alpha value is -3.07. The van der Waals surface area contributed by atoms with Crippen molar-refractivity contribution in [1.29, 1.82) is 0 Å². The molecule has 0 aromatic heterocycles. The standard InChI is InChI=1S/C20H14O3/c21-16-11-12-17-18(13-16)23-19(22)20(17,14-7-3-1-4-8-14)15-9-5-2-6-10-15/h1-13,21H. The van der Waals surface area contributed by atoms with Gasteiger partial charge in [-0.1, -0.05) is 60.7 Å². The van der Waals surface area contributed by atoms with E-state index in [1.165, 1.54) is 6.07 Å². The fourth-order valence-electron chi connectivity index (χ4n) is 3.28. The van der Waals surface area contributed by atoms with Gasteiger partial charge >= 0.3 is 5.97 Å². The van der Waals surface area contributed by atoms with Crippen LogP contribution in [0.3, 0.4) is 0 Å². The van der Waals surface area contributed by atoms with Crippen LogP contribution in [0.15, 0.2) is 78.9 Å². The lowest BCUT2D eigenvalue weighted by Gasteiger charge is -2.27. The first kappa shape index (κ1) is 13.6. The van der Waals surface area contributed by atoms with E-state index in [9.17, 15) is 9.90 Å². The topological polar surface area (TPSA) is 46.5 Å². The van der Waals surface area contributed by atoms with Crippen molar-refractivity contribution < 1.29 is 14.6 Å². The molecule has 0 amide bonds. The molecule has 1 heterocycles. The molecule has 1 aliphatic rings. The van der Waals surface area contributed by atoms with Crippen molar-refractivity contribution in [1.82, 2.24) is 0 Å². The highest BCUT2D eigenvalue weighted by atomic mass is 16.5. The Morgan fingerprint density at radius 1 is 0.783 bits per heavy atom. The minimum atomic E-state index is -1.01. The van der Waals surface area contributed by atoms with Gasteiger partial charge in [-0.25, -0.2) is 4.79 Å². The number of carbonyl (C=O) groups is 1. The molecule has 0 aliphatic carbocycles. The maximum Gasteiger partial charge on any atom is 0.331 e. The van der Waals surface area contributed by atoms with Gasteiger partial charge in [0.25, 0.3) is 0 Å². The summed E-state index contributed by atoms with van der Waals surface area (Å²) < 4.78 is 5.51. The van der Waals surface area contributed by atoms with Gasteiger partial charge in [0.2, 0.25) is 0 Å². The molecule has 0 atom stereocenters. The third kappa shape index (κ3) is 1.87. The van der Waals surface area contributed by atoms with E-state index in [0.29, 0.717) is 5.75 Å². The van der Waals surface area contributed by atoms with Crippen molar-refractivity contribution in [2.24, 2.45) is 0 Å². The first-order chi connectivity index (χ1) is 11.2. The van der Waals surface area contributed by atoms with Crippen LogP contribution in [0.1, 0.15) is 16.7 Å². The normalized spacial score (nSPS) is 15.0. The van der Waals surface area contributed by atoms with E-state index < -0.39 is 5.41 Å². The molecule has 3 aromatic rings. The number of phenols is 1. The Bertz CT molecular complexity index is 830. The van der Waals surface area contributed by atoms with Crippen molar-refractivity contribution in [3.05, 3.63) is 95.6 Å². The van der Waals surface area contributed by atoms with E-state index in [0.717, 1.165) is 16.7 Å². The molecule has 23 heavy (non-hydrogen) atoms. The van der Waals surface area contributed by atoms with Crippen molar-refractivity contribution in [3.63, 3.8) is 0 Å². The van der Waals surface area contributed by atoms with Crippen LogP contribution in [0.25, 0.3) is 0 Å². The highest BCUT2D eigenvalue weighted by molar-refractivity contribution is 5.98. The SMILES string of the molecule is O=C1Oc2cc(O)ccc2C1(c1ccccc1)c1ccccc1. The number of fused-ring (bicyclic) bond motifs is 1. The van der Waals surface area contributed by atoms with Gasteiger partial charge in [0, 0.05) is 11.6 Å². The van der Waals surface area contributed by atoms with Crippen LogP contribution in [0.2, 0.25) is 0 Å². The predicted octanol–water partition coefficient (Wildman–Crippen LogP) is 3.65. The molecule has 0 saturated carbocycles. The molecule has 3 aromatic carbocycles. The number of carbonyl (C=O) groups excluding carboxylic acids is 1. The summed E-state index contributed by atoms with van der Waals surface area (Å²) in [4.78, 5) is 13.0. The Labute approximate surface area is 133 Å². The van der Waals surface area contributed by atoms with Gasteiger partial charge in [0.1, 0.15) is 16.9 Å². The van der Waals surface area contributed by atoms with Gasteiger partial charge in [-0.05, 0) is 23.3 Å². The van der Waals surface area contributed by atoms with Gasteiger partial charge < -0.3 is 9.84 Å². The summed E-state index contributed by atoms with van der Waals surface area (Å²) in [5, 5.41) is 9.70. The maximum absolute atomic E-state index is 13.0. The minimum absolute atomic E-state index is 0.0773. The van der Waals surface area contributed by atoms with E-state index in [4.69, 9.17) is 4.74 Å². The van der Waals surface area contributed by atoms with Crippen LogP contribution in [-0.2, 0) is 10.2 Å². The van der Waals surface area contributed by atoms with Gasteiger partial charge in [-0.3, -0.25) is 0 Å². The predicted molar refractivity (Wildman–Crippen MR) is 86.5 cm³/mol. The van der Waals surface area contributed by atoms with Gasteiger partial charge in [0.05, 0.1) is 0 Å². The molecule has 0 saturated heterocycles. The molecule has 112 valence electrons. The second-order valence-corrected chi connectivity index (χ2v) is 5.55. The Morgan fingerprint density at radius 2 is 1.35 bits per heavy atom. The van der Waals surface area contributed by atoms with Crippen LogP contribution in [0.5, 0.6) is 11.5 Å². The molecular weight excluding hydrogens is 288 g/mol. The van der Waals surface area contributed by atoms with E-state index in [2.05, 4.69) is 0 Å². The molecule has 1 aliphatic heterocycles. The van der Waals surface area contributed by atoms with Gasteiger partial charge in [-0.2, -0.15) is 0 Å². The number of esters is 1. The number of hydrogen-bond donors (Lipinski definition) is 1. The second-order valence-electron chi connectivity index (χ2n) is 5.55. The Kier molecular flexibility index (Phi) is 2.95. The summed E-state index contributed by atoms with van der Waals surface area (Å²) in [5.74, 6) is 0.131. The molecule has 3 heteroatoms. The highest BCUT2D eigenvalue weighted by Crippen LogP contribution is 2.49. The zero-order valence-corrected chi connectivity index (χ0v) is 12.3.